The van der Waals surface area contributed by atoms with Crippen molar-refractivity contribution in [2.75, 3.05) is 13.1 Å². The van der Waals surface area contributed by atoms with Gasteiger partial charge < -0.3 is 5.32 Å². The van der Waals surface area contributed by atoms with Crippen LogP contribution in [-0.2, 0) is 6.42 Å². The maximum atomic E-state index is 5.69. The molecule has 1 aliphatic rings. The lowest BCUT2D eigenvalue weighted by Gasteiger charge is -2.05. The van der Waals surface area contributed by atoms with Crippen LogP contribution >= 0.6 is 25.1 Å². The Morgan fingerprint density at radius 3 is 2.71 bits per heavy atom. The van der Waals surface area contributed by atoms with Gasteiger partial charge in [0.25, 0.3) is 0 Å². The molecule has 1 N–H and O–H groups in total. The van der Waals surface area contributed by atoms with E-state index in [9.17, 15) is 0 Å². The Hall–Kier alpha value is -0.320. The number of hydrogen-bond donors (Lipinski definition) is 1. The molecule has 0 spiro atoms. The summed E-state index contributed by atoms with van der Waals surface area (Å²) in [5.41, 5.74) is 0. The number of halogens is 1. The first kappa shape index (κ1) is 11.8. The summed E-state index contributed by atoms with van der Waals surface area (Å²) in [5, 5.41) is 3.93. The summed E-state index contributed by atoms with van der Waals surface area (Å²) in [7, 11) is 0. The molecule has 1 fully saturated rings. The van der Waals surface area contributed by atoms with Crippen molar-refractivity contribution in [1.82, 2.24) is 15.3 Å². The van der Waals surface area contributed by atoms with Gasteiger partial charge in [0.2, 0.25) is 0 Å². The van der Waals surface area contributed by atoms with Gasteiger partial charge in [-0.05, 0) is 25.4 Å². The maximum absolute atomic E-state index is 5.69. The highest BCUT2D eigenvalue weighted by molar-refractivity contribution is 7.59. The molecule has 3 nitrogen and oxygen atoms in total. The molecule has 1 saturated heterocycles. The summed E-state index contributed by atoms with van der Waals surface area (Å²) in [6.07, 6.45) is 5.51. The predicted octanol–water partition coefficient (Wildman–Crippen LogP) is 1.39. The lowest BCUT2D eigenvalue weighted by Crippen LogP contribution is -2.12. The van der Waals surface area contributed by atoms with Crippen LogP contribution in [0.3, 0.4) is 0 Å². The van der Waals surface area contributed by atoms with Gasteiger partial charge in [-0.3, -0.25) is 0 Å². The van der Waals surface area contributed by atoms with Crippen molar-refractivity contribution in [2.24, 2.45) is 5.92 Å². The average Bonchev–Trinajstić information content (AvgIpc) is 2.62. The van der Waals surface area contributed by atoms with Gasteiger partial charge in [-0.25, -0.2) is 9.97 Å². The second kappa shape index (κ2) is 5.53. The van der Waals surface area contributed by atoms with Crippen molar-refractivity contribution in [3.05, 3.63) is 23.2 Å². The topological polar surface area (TPSA) is 37.8 Å². The minimum absolute atomic E-state index is 0. The summed E-state index contributed by atoms with van der Waals surface area (Å²) in [6, 6.07) is 0. The van der Waals surface area contributed by atoms with Crippen LogP contribution in [0.25, 0.3) is 0 Å². The molecule has 1 aliphatic heterocycles. The second-order valence-electron chi connectivity index (χ2n) is 3.38. The highest BCUT2D eigenvalue weighted by Crippen LogP contribution is 2.13. The normalized spacial score (nSPS) is 20.5. The third kappa shape index (κ3) is 3.12. The van der Waals surface area contributed by atoms with Crippen LogP contribution in [0.5, 0.6) is 0 Å². The monoisotopic (exact) mass is 231 g/mol. The van der Waals surface area contributed by atoms with E-state index < -0.39 is 0 Å². The zero-order valence-corrected chi connectivity index (χ0v) is 9.59. The Morgan fingerprint density at radius 2 is 2.14 bits per heavy atom. The van der Waals surface area contributed by atoms with Crippen LogP contribution < -0.4 is 5.32 Å². The molecule has 2 heterocycles. The van der Waals surface area contributed by atoms with Crippen LogP contribution in [0.15, 0.2) is 12.4 Å². The van der Waals surface area contributed by atoms with Gasteiger partial charge >= 0.3 is 0 Å². The Morgan fingerprint density at radius 1 is 1.43 bits per heavy atom. The van der Waals surface area contributed by atoms with Crippen molar-refractivity contribution in [2.45, 2.75) is 12.8 Å². The molecule has 0 aromatic carbocycles. The first-order valence-electron chi connectivity index (χ1n) is 4.52. The van der Waals surface area contributed by atoms with E-state index in [1.54, 1.807) is 12.4 Å². The zero-order valence-electron chi connectivity index (χ0n) is 7.83. The summed E-state index contributed by atoms with van der Waals surface area (Å²) in [5.74, 6) is 1.60. The maximum Gasteiger partial charge on any atom is 0.128 e. The van der Waals surface area contributed by atoms with E-state index in [4.69, 9.17) is 11.6 Å². The van der Waals surface area contributed by atoms with Gasteiger partial charge in [0.05, 0.1) is 5.02 Å². The number of nitrogens with zero attached hydrogens (tertiary/aromatic N) is 2. The molecular weight excluding hydrogens is 218 g/mol. The highest BCUT2D eigenvalue weighted by Gasteiger charge is 2.15. The summed E-state index contributed by atoms with van der Waals surface area (Å²) >= 11 is 5.69. The molecule has 1 atom stereocenters. The van der Waals surface area contributed by atoms with Crippen LogP contribution in [0.4, 0.5) is 0 Å². The van der Waals surface area contributed by atoms with Crippen LogP contribution in [0.2, 0.25) is 5.02 Å². The van der Waals surface area contributed by atoms with Gasteiger partial charge in [0.1, 0.15) is 5.82 Å². The molecule has 0 aliphatic carbocycles. The number of hydrogen-bond acceptors (Lipinski definition) is 3. The predicted molar refractivity (Wildman–Crippen MR) is 62.1 cm³/mol. The van der Waals surface area contributed by atoms with E-state index in [1.165, 1.54) is 6.42 Å². The fourth-order valence-corrected chi connectivity index (χ4v) is 1.69. The molecule has 1 aromatic rings. The highest BCUT2D eigenvalue weighted by atomic mass is 35.5. The molecule has 14 heavy (non-hydrogen) atoms. The second-order valence-corrected chi connectivity index (χ2v) is 3.82. The summed E-state index contributed by atoms with van der Waals surface area (Å²) < 4.78 is 0. The van der Waals surface area contributed by atoms with E-state index in [0.29, 0.717) is 10.9 Å². The molecule has 5 heteroatoms. The van der Waals surface area contributed by atoms with Gasteiger partial charge in [0, 0.05) is 18.8 Å². The Kier molecular flexibility index (Phi) is 4.65. The van der Waals surface area contributed by atoms with E-state index in [1.807, 2.05) is 0 Å². The van der Waals surface area contributed by atoms with Gasteiger partial charge in [-0.15, -0.1) is 0 Å². The van der Waals surface area contributed by atoms with E-state index in [0.717, 1.165) is 25.3 Å². The third-order valence-corrected chi connectivity index (χ3v) is 2.50. The van der Waals surface area contributed by atoms with Crippen molar-refractivity contribution < 1.29 is 0 Å². The van der Waals surface area contributed by atoms with Crippen molar-refractivity contribution in [3.63, 3.8) is 0 Å². The smallest absolute Gasteiger partial charge is 0.128 e. The average molecular weight is 232 g/mol. The standard InChI is InChI=1S/C9H12ClN3.H2S/c10-8-5-12-9(13-6-8)3-7-1-2-11-4-7;/h5-7,11H,1-4H2;1H2/t7-;/m0./s1. The van der Waals surface area contributed by atoms with E-state index >= 15 is 0 Å². The van der Waals surface area contributed by atoms with E-state index in [-0.39, 0.29) is 13.5 Å². The zero-order chi connectivity index (χ0) is 9.10. The molecule has 78 valence electrons. The van der Waals surface area contributed by atoms with Gasteiger partial charge in [0.15, 0.2) is 0 Å². The summed E-state index contributed by atoms with van der Waals surface area (Å²) in [6.45, 7) is 2.21. The van der Waals surface area contributed by atoms with Crippen LogP contribution in [0, 0.1) is 5.92 Å². The quantitative estimate of drug-likeness (QED) is 0.836. The first-order valence-corrected chi connectivity index (χ1v) is 4.89. The molecule has 0 radical (unpaired) electrons. The Balaban J connectivity index is 0.000000980. The van der Waals surface area contributed by atoms with Crippen LogP contribution in [-0.4, -0.2) is 23.1 Å². The molecule has 0 saturated carbocycles. The first-order chi connectivity index (χ1) is 6.34. The van der Waals surface area contributed by atoms with Crippen LogP contribution in [0.1, 0.15) is 12.2 Å². The number of nitrogens with one attached hydrogen (secondary N) is 1. The minimum atomic E-state index is 0. The van der Waals surface area contributed by atoms with Crippen molar-refractivity contribution in [1.29, 1.82) is 0 Å². The van der Waals surface area contributed by atoms with Crippen molar-refractivity contribution >= 4 is 25.1 Å². The number of rotatable bonds is 2. The van der Waals surface area contributed by atoms with Gasteiger partial charge in [-0.2, -0.15) is 13.5 Å². The lowest BCUT2D eigenvalue weighted by atomic mass is 10.1. The fraction of sp³-hybridized carbons (Fsp3) is 0.556. The lowest BCUT2D eigenvalue weighted by molar-refractivity contribution is 0.561. The molecule has 0 amide bonds. The van der Waals surface area contributed by atoms with E-state index in [2.05, 4.69) is 15.3 Å². The van der Waals surface area contributed by atoms with Crippen molar-refractivity contribution in [3.8, 4) is 0 Å². The molecule has 2 rings (SSSR count). The number of aromatic nitrogens is 2. The Labute approximate surface area is 95.7 Å². The third-order valence-electron chi connectivity index (χ3n) is 2.31. The largest absolute Gasteiger partial charge is 0.316 e. The molecular formula is C9H14ClN3S. The molecule has 1 aromatic heterocycles. The minimum Gasteiger partial charge on any atom is -0.316 e. The SMILES string of the molecule is Clc1cnc(C[C@@H]2CCNC2)nc1.S. The summed E-state index contributed by atoms with van der Waals surface area (Å²) in [4.78, 5) is 8.34. The molecule has 0 bridgehead atoms. The van der Waals surface area contributed by atoms with Gasteiger partial charge in [-0.1, -0.05) is 11.6 Å². The molecule has 0 unspecified atom stereocenters. The fourth-order valence-electron chi connectivity index (χ4n) is 1.59. The Bertz CT molecular complexity index is 272.